The number of anilines is 2. The molecule has 1 aliphatic heterocycles. The molecule has 11 heteroatoms. The van der Waals surface area contributed by atoms with Gasteiger partial charge in [-0.25, -0.2) is 0 Å². The van der Waals surface area contributed by atoms with Crippen molar-refractivity contribution in [2.45, 2.75) is 12.8 Å². The molecular weight excluding hydrogens is 446 g/mol. The Bertz CT molecular complexity index is 1030. The number of ether oxygens (including phenoxy) is 4. The number of esters is 1. The molecule has 1 saturated heterocycles. The number of para-hydroxylation sites is 2. The molecule has 0 aromatic heterocycles. The van der Waals surface area contributed by atoms with E-state index in [1.165, 1.54) is 27.4 Å². The summed E-state index contributed by atoms with van der Waals surface area (Å²) in [5, 5.41) is 13.9. The van der Waals surface area contributed by atoms with Crippen molar-refractivity contribution in [3.8, 4) is 17.2 Å². The van der Waals surface area contributed by atoms with Gasteiger partial charge in [0.2, 0.25) is 5.75 Å². The Morgan fingerprint density at radius 2 is 1.68 bits per heavy atom. The average molecular weight is 473 g/mol. The maximum Gasteiger partial charge on any atom is 0.309 e. The Kier molecular flexibility index (Phi) is 8.12. The lowest BCUT2D eigenvalue weighted by molar-refractivity contribution is -0.384. The second-order valence-electron chi connectivity index (χ2n) is 7.58. The highest BCUT2D eigenvalue weighted by Gasteiger charge is 2.29. The summed E-state index contributed by atoms with van der Waals surface area (Å²) >= 11 is 0. The predicted molar refractivity (Wildman–Crippen MR) is 124 cm³/mol. The van der Waals surface area contributed by atoms with Crippen LogP contribution in [0.15, 0.2) is 36.4 Å². The Labute approximate surface area is 196 Å². The van der Waals surface area contributed by atoms with Crippen molar-refractivity contribution in [1.29, 1.82) is 0 Å². The zero-order chi connectivity index (χ0) is 24.7. The van der Waals surface area contributed by atoms with Crippen LogP contribution >= 0.6 is 0 Å². The molecule has 0 radical (unpaired) electrons. The minimum atomic E-state index is -0.514. The first kappa shape index (κ1) is 24.6. The Morgan fingerprint density at radius 3 is 2.24 bits per heavy atom. The van der Waals surface area contributed by atoms with Crippen molar-refractivity contribution >= 4 is 28.9 Å². The largest absolute Gasteiger partial charge is 0.493 e. The number of rotatable bonds is 9. The van der Waals surface area contributed by atoms with Gasteiger partial charge >= 0.3 is 5.97 Å². The molecular formula is C23H27N3O8. The molecule has 1 aliphatic rings. The summed E-state index contributed by atoms with van der Waals surface area (Å²) in [5.41, 5.74) is 0.962. The number of nitro benzene ring substituents is 1. The minimum Gasteiger partial charge on any atom is -0.493 e. The number of hydrogen-bond donors (Lipinski definition) is 1. The molecule has 2 aromatic rings. The van der Waals surface area contributed by atoms with Crippen LogP contribution in [0.3, 0.4) is 0 Å². The third kappa shape index (κ3) is 5.66. The first-order valence-electron chi connectivity index (χ1n) is 10.6. The maximum absolute atomic E-state index is 12.5. The number of methoxy groups -OCH3 is 3. The summed E-state index contributed by atoms with van der Waals surface area (Å²) in [4.78, 5) is 37.5. The molecule has 0 spiro atoms. The second-order valence-corrected chi connectivity index (χ2v) is 7.58. The fourth-order valence-corrected chi connectivity index (χ4v) is 3.85. The van der Waals surface area contributed by atoms with Crippen LogP contribution in [0.2, 0.25) is 0 Å². The average Bonchev–Trinajstić information content (AvgIpc) is 2.86. The standard InChI is InChI=1S/C23H27N3O8/c1-31-19-12-16(13-20(32-2)22(19)33-3)24-21(27)14-34-23(28)15-8-10-25(11-9-15)17-6-4-5-7-18(17)26(29)30/h4-7,12-13,15H,8-11,14H2,1-3H3,(H,24,27). The van der Waals surface area contributed by atoms with Gasteiger partial charge in [0.15, 0.2) is 18.1 Å². The Morgan fingerprint density at radius 1 is 1.06 bits per heavy atom. The van der Waals surface area contributed by atoms with Crippen LogP contribution in [0.1, 0.15) is 12.8 Å². The summed E-state index contributed by atoms with van der Waals surface area (Å²) in [6.45, 7) is 0.504. The molecule has 34 heavy (non-hydrogen) atoms. The summed E-state index contributed by atoms with van der Waals surface area (Å²) in [5.74, 6) is -0.226. The smallest absolute Gasteiger partial charge is 0.309 e. The van der Waals surface area contributed by atoms with Crippen LogP contribution in [0.25, 0.3) is 0 Å². The number of benzene rings is 2. The zero-order valence-electron chi connectivity index (χ0n) is 19.2. The molecule has 11 nitrogen and oxygen atoms in total. The molecule has 0 bridgehead atoms. The van der Waals surface area contributed by atoms with Gasteiger partial charge in [0.25, 0.3) is 11.6 Å². The lowest BCUT2D eigenvalue weighted by Crippen LogP contribution is -2.37. The van der Waals surface area contributed by atoms with Gasteiger partial charge in [0.05, 0.1) is 32.2 Å². The first-order valence-corrected chi connectivity index (χ1v) is 10.6. The Hall–Kier alpha value is -4.02. The van der Waals surface area contributed by atoms with Crippen molar-refractivity contribution < 1.29 is 33.5 Å². The highest BCUT2D eigenvalue weighted by molar-refractivity contribution is 5.93. The number of carbonyl (C=O) groups is 2. The van der Waals surface area contributed by atoms with Gasteiger partial charge in [0.1, 0.15) is 5.69 Å². The first-order chi connectivity index (χ1) is 16.4. The van der Waals surface area contributed by atoms with Crippen molar-refractivity contribution in [2.24, 2.45) is 5.92 Å². The lowest BCUT2D eigenvalue weighted by atomic mass is 9.96. The molecule has 0 unspecified atom stereocenters. The van der Waals surface area contributed by atoms with E-state index < -0.39 is 23.4 Å². The van der Waals surface area contributed by atoms with Gasteiger partial charge in [-0.2, -0.15) is 0 Å². The van der Waals surface area contributed by atoms with Gasteiger partial charge in [-0.15, -0.1) is 0 Å². The van der Waals surface area contributed by atoms with Crippen LogP contribution in [0, 0.1) is 16.0 Å². The fraction of sp³-hybridized carbons (Fsp3) is 0.391. The molecule has 1 heterocycles. The second kappa shape index (κ2) is 11.2. The molecule has 182 valence electrons. The monoisotopic (exact) mass is 473 g/mol. The summed E-state index contributed by atoms with van der Waals surface area (Å²) in [6, 6.07) is 9.66. The summed E-state index contributed by atoms with van der Waals surface area (Å²) in [6.07, 6.45) is 0.943. The van der Waals surface area contributed by atoms with E-state index in [1.807, 2.05) is 4.90 Å². The quantitative estimate of drug-likeness (QED) is 0.332. The lowest BCUT2D eigenvalue weighted by Gasteiger charge is -2.32. The fourth-order valence-electron chi connectivity index (χ4n) is 3.85. The van der Waals surface area contributed by atoms with Gasteiger partial charge < -0.3 is 29.2 Å². The highest BCUT2D eigenvalue weighted by atomic mass is 16.6. The van der Waals surface area contributed by atoms with Crippen LogP contribution in [0.5, 0.6) is 17.2 Å². The van der Waals surface area contributed by atoms with E-state index in [2.05, 4.69) is 5.32 Å². The molecule has 0 atom stereocenters. The number of carbonyl (C=O) groups excluding carboxylic acids is 2. The molecule has 2 aromatic carbocycles. The van der Waals surface area contributed by atoms with Crippen molar-refractivity contribution in [3.05, 3.63) is 46.5 Å². The van der Waals surface area contributed by atoms with Crippen LogP contribution < -0.4 is 24.4 Å². The van der Waals surface area contributed by atoms with E-state index >= 15 is 0 Å². The molecule has 0 aliphatic carbocycles. The zero-order valence-corrected chi connectivity index (χ0v) is 19.2. The van der Waals surface area contributed by atoms with Gasteiger partial charge in [0, 0.05) is 37.0 Å². The van der Waals surface area contributed by atoms with Crippen molar-refractivity contribution in [3.63, 3.8) is 0 Å². The highest BCUT2D eigenvalue weighted by Crippen LogP contribution is 2.40. The minimum absolute atomic E-state index is 0.0343. The van der Waals surface area contributed by atoms with E-state index in [0.29, 0.717) is 54.6 Å². The third-order valence-corrected chi connectivity index (χ3v) is 5.54. The van der Waals surface area contributed by atoms with Crippen molar-refractivity contribution in [2.75, 3.05) is 51.2 Å². The molecule has 1 amide bonds. The van der Waals surface area contributed by atoms with E-state index in [4.69, 9.17) is 18.9 Å². The number of nitro groups is 1. The topological polar surface area (TPSA) is 129 Å². The van der Waals surface area contributed by atoms with E-state index in [-0.39, 0.29) is 11.6 Å². The molecule has 1 fully saturated rings. The predicted octanol–water partition coefficient (Wildman–Crippen LogP) is 3.02. The number of nitrogens with one attached hydrogen (secondary N) is 1. The molecule has 0 saturated carbocycles. The van der Waals surface area contributed by atoms with Crippen LogP contribution in [-0.4, -0.2) is 57.8 Å². The maximum atomic E-state index is 12.5. The molecule has 3 rings (SSSR count). The van der Waals surface area contributed by atoms with Gasteiger partial charge in [-0.05, 0) is 18.9 Å². The summed E-state index contributed by atoms with van der Waals surface area (Å²) in [7, 11) is 4.40. The van der Waals surface area contributed by atoms with Gasteiger partial charge in [-0.1, -0.05) is 12.1 Å². The van der Waals surface area contributed by atoms with E-state index in [0.717, 1.165) is 0 Å². The van der Waals surface area contributed by atoms with E-state index in [9.17, 15) is 19.7 Å². The van der Waals surface area contributed by atoms with Gasteiger partial charge in [-0.3, -0.25) is 19.7 Å². The molecule has 1 N–H and O–H groups in total. The van der Waals surface area contributed by atoms with Crippen LogP contribution in [-0.2, 0) is 14.3 Å². The number of piperidine rings is 1. The normalized spacial score (nSPS) is 13.7. The third-order valence-electron chi connectivity index (χ3n) is 5.54. The van der Waals surface area contributed by atoms with Crippen molar-refractivity contribution in [1.82, 2.24) is 0 Å². The SMILES string of the molecule is COc1cc(NC(=O)COC(=O)C2CCN(c3ccccc3[N+](=O)[O-])CC2)cc(OC)c1OC. The number of hydrogen-bond acceptors (Lipinski definition) is 9. The Balaban J connectivity index is 1.52. The van der Waals surface area contributed by atoms with E-state index in [1.54, 1.807) is 30.3 Å². The summed E-state index contributed by atoms with van der Waals surface area (Å²) < 4.78 is 21.0. The number of amides is 1. The van der Waals surface area contributed by atoms with Crippen LogP contribution in [0.4, 0.5) is 17.1 Å². The number of nitrogens with zero attached hydrogens (tertiary/aromatic N) is 2.